The zero-order chi connectivity index (χ0) is 13.9. The molecule has 8 heteroatoms. The van der Waals surface area contributed by atoms with Crippen molar-refractivity contribution in [3.8, 4) is 0 Å². The number of hydrogen-bond donors (Lipinski definition) is 1. The molecule has 0 bridgehead atoms. The molecule has 0 spiro atoms. The van der Waals surface area contributed by atoms with Gasteiger partial charge in [-0.05, 0) is 19.4 Å². The first-order valence-electron chi connectivity index (χ1n) is 6.96. The smallest absolute Gasteiger partial charge is 0.240 e. The number of halogens is 1. The van der Waals surface area contributed by atoms with Gasteiger partial charge in [-0.3, -0.25) is 9.69 Å². The van der Waals surface area contributed by atoms with E-state index in [-0.39, 0.29) is 11.9 Å². The molecule has 1 unspecified atom stereocenters. The van der Waals surface area contributed by atoms with Crippen LogP contribution in [0.4, 0.5) is 0 Å². The average molecular weight is 316 g/mol. The standard InChI is InChI=1S/C12H18ClN5OS/c13-11-9(15-16-20-11)8-18-5-1-2-10(18)12(19)17-6-3-14-4-7-17/h10,14H,1-8H2. The van der Waals surface area contributed by atoms with E-state index in [4.69, 9.17) is 11.6 Å². The molecule has 1 amide bonds. The third-order valence-corrected chi connectivity index (χ3v) is 4.92. The summed E-state index contributed by atoms with van der Waals surface area (Å²) in [6, 6.07) is -0.0223. The minimum Gasteiger partial charge on any atom is -0.339 e. The van der Waals surface area contributed by atoms with Crippen LogP contribution < -0.4 is 5.32 Å². The summed E-state index contributed by atoms with van der Waals surface area (Å²) >= 11 is 7.26. The van der Waals surface area contributed by atoms with Gasteiger partial charge >= 0.3 is 0 Å². The van der Waals surface area contributed by atoms with Gasteiger partial charge in [0.15, 0.2) is 0 Å². The topological polar surface area (TPSA) is 61.4 Å². The quantitative estimate of drug-likeness (QED) is 0.884. The lowest BCUT2D eigenvalue weighted by atomic mass is 10.1. The number of carbonyl (C=O) groups is 1. The first-order valence-corrected chi connectivity index (χ1v) is 8.11. The van der Waals surface area contributed by atoms with Crippen molar-refractivity contribution in [3.05, 3.63) is 10.0 Å². The van der Waals surface area contributed by atoms with E-state index >= 15 is 0 Å². The average Bonchev–Trinajstić information content (AvgIpc) is 3.09. The highest BCUT2D eigenvalue weighted by Crippen LogP contribution is 2.25. The number of piperazine rings is 1. The Bertz CT molecular complexity index is 476. The van der Waals surface area contributed by atoms with E-state index in [9.17, 15) is 4.79 Å². The minimum atomic E-state index is -0.0223. The first kappa shape index (κ1) is 14.2. The molecule has 2 aliphatic rings. The summed E-state index contributed by atoms with van der Waals surface area (Å²) in [4.78, 5) is 16.8. The summed E-state index contributed by atoms with van der Waals surface area (Å²) in [6.45, 7) is 4.94. The maximum absolute atomic E-state index is 12.6. The van der Waals surface area contributed by atoms with Gasteiger partial charge in [-0.15, -0.1) is 5.10 Å². The Morgan fingerprint density at radius 1 is 1.40 bits per heavy atom. The second-order valence-electron chi connectivity index (χ2n) is 5.20. The monoisotopic (exact) mass is 315 g/mol. The van der Waals surface area contributed by atoms with Crippen LogP contribution in [-0.4, -0.2) is 64.1 Å². The fraction of sp³-hybridized carbons (Fsp3) is 0.750. The Balaban J connectivity index is 1.65. The van der Waals surface area contributed by atoms with Gasteiger partial charge in [0.05, 0.1) is 6.04 Å². The van der Waals surface area contributed by atoms with Crippen molar-refractivity contribution in [1.82, 2.24) is 24.7 Å². The van der Waals surface area contributed by atoms with Crippen molar-refractivity contribution in [2.45, 2.75) is 25.4 Å². The molecular formula is C12H18ClN5OS. The van der Waals surface area contributed by atoms with E-state index in [0.29, 0.717) is 10.9 Å². The predicted octanol–water partition coefficient (Wildman–Crippen LogP) is 0.588. The van der Waals surface area contributed by atoms with Crippen LogP contribution in [0.2, 0.25) is 4.34 Å². The highest BCUT2D eigenvalue weighted by molar-refractivity contribution is 7.10. The molecule has 0 aromatic carbocycles. The van der Waals surface area contributed by atoms with Crippen LogP contribution >= 0.6 is 23.1 Å². The Labute approximate surface area is 127 Å². The Morgan fingerprint density at radius 3 is 2.90 bits per heavy atom. The largest absolute Gasteiger partial charge is 0.339 e. The van der Waals surface area contributed by atoms with Crippen LogP contribution in [0.5, 0.6) is 0 Å². The van der Waals surface area contributed by atoms with Crippen LogP contribution in [0.1, 0.15) is 18.5 Å². The first-order chi connectivity index (χ1) is 9.75. The SMILES string of the molecule is O=C(C1CCCN1Cc1nnsc1Cl)N1CCNCC1. The number of rotatable bonds is 3. The van der Waals surface area contributed by atoms with Crippen molar-refractivity contribution in [2.24, 2.45) is 0 Å². The van der Waals surface area contributed by atoms with Gasteiger partial charge in [0.1, 0.15) is 10.0 Å². The molecule has 110 valence electrons. The van der Waals surface area contributed by atoms with Crippen molar-refractivity contribution >= 4 is 29.0 Å². The highest BCUT2D eigenvalue weighted by atomic mass is 35.5. The van der Waals surface area contributed by atoms with Crippen LogP contribution in [0.15, 0.2) is 0 Å². The highest BCUT2D eigenvalue weighted by Gasteiger charge is 2.34. The zero-order valence-electron chi connectivity index (χ0n) is 11.2. The fourth-order valence-corrected chi connectivity index (χ4v) is 3.49. The van der Waals surface area contributed by atoms with Gasteiger partial charge in [0, 0.05) is 44.3 Å². The number of nitrogens with one attached hydrogen (secondary N) is 1. The molecule has 3 rings (SSSR count). The lowest BCUT2D eigenvalue weighted by Crippen LogP contribution is -2.52. The van der Waals surface area contributed by atoms with E-state index in [1.165, 1.54) is 11.5 Å². The summed E-state index contributed by atoms with van der Waals surface area (Å²) in [5.41, 5.74) is 0.789. The summed E-state index contributed by atoms with van der Waals surface area (Å²) in [6.07, 6.45) is 1.98. The van der Waals surface area contributed by atoms with E-state index in [0.717, 1.165) is 51.3 Å². The molecule has 2 fully saturated rings. The van der Waals surface area contributed by atoms with E-state index in [1.54, 1.807) is 0 Å². The predicted molar refractivity (Wildman–Crippen MR) is 77.8 cm³/mol. The van der Waals surface area contributed by atoms with E-state index in [1.807, 2.05) is 4.90 Å². The maximum atomic E-state index is 12.6. The second-order valence-corrected chi connectivity index (χ2v) is 6.55. The summed E-state index contributed by atoms with van der Waals surface area (Å²) in [5, 5.41) is 7.32. The molecule has 3 heterocycles. The Morgan fingerprint density at radius 2 is 2.20 bits per heavy atom. The Hall–Kier alpha value is -0.760. The van der Waals surface area contributed by atoms with Gasteiger partial charge in [-0.25, -0.2) is 0 Å². The van der Waals surface area contributed by atoms with Gasteiger partial charge in [0.2, 0.25) is 5.91 Å². The van der Waals surface area contributed by atoms with Gasteiger partial charge < -0.3 is 10.2 Å². The number of nitrogens with zero attached hydrogens (tertiary/aromatic N) is 4. The third-order valence-electron chi connectivity index (χ3n) is 3.94. The van der Waals surface area contributed by atoms with Gasteiger partial charge in [0.25, 0.3) is 0 Å². The lowest BCUT2D eigenvalue weighted by molar-refractivity contribution is -0.136. The van der Waals surface area contributed by atoms with Crippen LogP contribution in [0.25, 0.3) is 0 Å². The molecule has 1 N–H and O–H groups in total. The number of amides is 1. The number of aromatic nitrogens is 2. The summed E-state index contributed by atoms with van der Waals surface area (Å²) < 4.78 is 4.48. The Kier molecular flexibility index (Phi) is 4.50. The van der Waals surface area contributed by atoms with Crippen LogP contribution in [-0.2, 0) is 11.3 Å². The summed E-state index contributed by atoms with van der Waals surface area (Å²) in [5.74, 6) is 0.253. The number of likely N-dealkylation sites (tertiary alicyclic amines) is 1. The molecule has 2 saturated heterocycles. The number of carbonyl (C=O) groups excluding carboxylic acids is 1. The third kappa shape index (κ3) is 2.95. The maximum Gasteiger partial charge on any atom is 0.240 e. The van der Waals surface area contributed by atoms with Crippen molar-refractivity contribution < 1.29 is 4.79 Å². The fourth-order valence-electron chi connectivity index (χ4n) is 2.87. The van der Waals surface area contributed by atoms with Gasteiger partial charge in [-0.1, -0.05) is 16.1 Å². The summed E-state index contributed by atoms with van der Waals surface area (Å²) in [7, 11) is 0. The van der Waals surface area contributed by atoms with E-state index in [2.05, 4.69) is 19.8 Å². The molecule has 2 aliphatic heterocycles. The molecule has 20 heavy (non-hydrogen) atoms. The molecule has 0 saturated carbocycles. The molecule has 1 atom stereocenters. The zero-order valence-corrected chi connectivity index (χ0v) is 12.8. The normalized spacial score (nSPS) is 24.2. The minimum absolute atomic E-state index is 0.0223. The number of hydrogen-bond acceptors (Lipinski definition) is 6. The molecule has 6 nitrogen and oxygen atoms in total. The molecule has 1 aromatic rings. The molecule has 0 radical (unpaired) electrons. The van der Waals surface area contributed by atoms with Crippen molar-refractivity contribution in [3.63, 3.8) is 0 Å². The van der Waals surface area contributed by atoms with E-state index < -0.39 is 0 Å². The van der Waals surface area contributed by atoms with Gasteiger partial charge in [-0.2, -0.15) is 0 Å². The van der Waals surface area contributed by atoms with Crippen LogP contribution in [0.3, 0.4) is 0 Å². The van der Waals surface area contributed by atoms with Crippen LogP contribution in [0, 0.1) is 0 Å². The molecule has 0 aliphatic carbocycles. The van der Waals surface area contributed by atoms with Crippen molar-refractivity contribution in [1.29, 1.82) is 0 Å². The molecular weight excluding hydrogens is 298 g/mol. The lowest BCUT2D eigenvalue weighted by Gasteiger charge is -2.32. The molecule has 1 aromatic heterocycles. The second kappa shape index (κ2) is 6.34. The van der Waals surface area contributed by atoms with Crippen molar-refractivity contribution in [2.75, 3.05) is 32.7 Å².